The van der Waals surface area contributed by atoms with Gasteiger partial charge >= 0.3 is 0 Å². The lowest BCUT2D eigenvalue weighted by molar-refractivity contribution is -0.135. The fourth-order valence-corrected chi connectivity index (χ4v) is 3.47. The van der Waals surface area contributed by atoms with Crippen molar-refractivity contribution in [1.82, 2.24) is 0 Å². The van der Waals surface area contributed by atoms with Crippen LogP contribution in [0.2, 0.25) is 0 Å². The zero-order valence-corrected chi connectivity index (χ0v) is 14.7. The third-order valence-electron chi connectivity index (χ3n) is 4.79. The molecule has 3 rings (SSSR count). The van der Waals surface area contributed by atoms with Crippen LogP contribution in [0.15, 0.2) is 48.5 Å². The Morgan fingerprint density at radius 3 is 2.40 bits per heavy atom. The number of rotatable bonds is 6. The molecule has 0 aliphatic carbocycles. The molecule has 0 radical (unpaired) electrons. The van der Waals surface area contributed by atoms with Gasteiger partial charge in [0.05, 0.1) is 12.1 Å². The minimum atomic E-state index is -1.79. The van der Waals surface area contributed by atoms with E-state index in [9.17, 15) is 14.7 Å². The molecule has 0 aromatic heterocycles. The number of anilines is 1. The lowest BCUT2D eigenvalue weighted by atomic mass is 9.88. The molecule has 130 valence electrons. The number of aryl methyl sites for hydroxylation is 1. The van der Waals surface area contributed by atoms with Gasteiger partial charge in [-0.25, -0.2) is 0 Å². The number of para-hydroxylation sites is 1. The van der Waals surface area contributed by atoms with Crippen molar-refractivity contribution in [1.29, 1.82) is 0 Å². The van der Waals surface area contributed by atoms with E-state index in [0.717, 1.165) is 12.8 Å². The summed E-state index contributed by atoms with van der Waals surface area (Å²) in [5, 5.41) is 11.1. The molecule has 0 fully saturated rings. The molecular formula is C21H23NO3. The molecule has 0 saturated carbocycles. The molecule has 0 unspecified atom stereocenters. The number of Topliss-reactive ketones (excluding diaryl/α,β-unsaturated/α-hetero) is 1. The average molecular weight is 337 g/mol. The highest BCUT2D eigenvalue weighted by Gasteiger charge is 2.50. The van der Waals surface area contributed by atoms with Gasteiger partial charge in [0.2, 0.25) is 0 Å². The van der Waals surface area contributed by atoms with Gasteiger partial charge in [-0.2, -0.15) is 0 Å². The van der Waals surface area contributed by atoms with E-state index in [-0.39, 0.29) is 12.2 Å². The van der Waals surface area contributed by atoms with E-state index in [1.807, 2.05) is 25.1 Å². The summed E-state index contributed by atoms with van der Waals surface area (Å²) in [4.78, 5) is 27.0. The molecule has 25 heavy (non-hydrogen) atoms. The SMILES string of the molecule is CCCc1ccc(C(=O)C[C@@]2(O)C(=O)N(CC)c3ccccc32)cc1. The second-order valence-electron chi connectivity index (χ2n) is 6.47. The Kier molecular flexibility index (Phi) is 4.73. The molecule has 0 saturated heterocycles. The molecular weight excluding hydrogens is 314 g/mol. The second kappa shape index (κ2) is 6.81. The number of likely N-dealkylation sites (N-methyl/N-ethyl adjacent to an activating group) is 1. The van der Waals surface area contributed by atoms with Crippen LogP contribution in [0.4, 0.5) is 5.69 Å². The van der Waals surface area contributed by atoms with E-state index in [2.05, 4.69) is 6.92 Å². The number of ketones is 1. The van der Waals surface area contributed by atoms with Gasteiger partial charge in [-0.1, -0.05) is 55.8 Å². The van der Waals surface area contributed by atoms with Gasteiger partial charge in [-0.3, -0.25) is 9.59 Å². The Balaban J connectivity index is 1.88. The summed E-state index contributed by atoms with van der Waals surface area (Å²) in [6.07, 6.45) is 1.77. The number of benzene rings is 2. The summed E-state index contributed by atoms with van der Waals surface area (Å²) in [6.45, 7) is 4.42. The minimum absolute atomic E-state index is 0.230. The van der Waals surface area contributed by atoms with Crippen molar-refractivity contribution in [2.45, 2.75) is 38.7 Å². The molecule has 1 heterocycles. The van der Waals surface area contributed by atoms with Gasteiger partial charge in [-0.05, 0) is 25.0 Å². The molecule has 2 aromatic rings. The summed E-state index contributed by atoms with van der Waals surface area (Å²) in [6, 6.07) is 14.6. The van der Waals surface area contributed by atoms with Crippen LogP contribution in [0.3, 0.4) is 0 Å². The van der Waals surface area contributed by atoms with Crippen LogP contribution in [0.25, 0.3) is 0 Å². The maximum atomic E-state index is 12.7. The van der Waals surface area contributed by atoms with Crippen LogP contribution < -0.4 is 4.90 Å². The van der Waals surface area contributed by atoms with E-state index in [4.69, 9.17) is 0 Å². The Hall–Kier alpha value is -2.46. The molecule has 1 amide bonds. The van der Waals surface area contributed by atoms with Crippen molar-refractivity contribution in [3.05, 3.63) is 65.2 Å². The van der Waals surface area contributed by atoms with Crippen LogP contribution >= 0.6 is 0 Å². The molecule has 2 aromatic carbocycles. The first-order valence-corrected chi connectivity index (χ1v) is 8.77. The Morgan fingerprint density at radius 1 is 1.08 bits per heavy atom. The van der Waals surface area contributed by atoms with Gasteiger partial charge in [0, 0.05) is 17.7 Å². The highest BCUT2D eigenvalue weighted by atomic mass is 16.3. The molecule has 4 heteroatoms. The number of aliphatic hydroxyl groups is 1. The topological polar surface area (TPSA) is 57.6 Å². The van der Waals surface area contributed by atoms with Gasteiger partial charge in [0.25, 0.3) is 5.91 Å². The standard InChI is InChI=1S/C21H23NO3/c1-3-7-15-10-12-16(13-11-15)19(23)14-21(25)17-8-5-6-9-18(17)22(4-2)20(21)24/h5-6,8-13,25H,3-4,7,14H2,1-2H3/t21-/m0/s1. The van der Waals surface area contributed by atoms with Crippen molar-refractivity contribution in [2.24, 2.45) is 0 Å². The molecule has 4 nitrogen and oxygen atoms in total. The Labute approximate surface area is 148 Å². The average Bonchev–Trinajstić information content (AvgIpc) is 2.83. The summed E-state index contributed by atoms with van der Waals surface area (Å²) < 4.78 is 0. The first-order valence-electron chi connectivity index (χ1n) is 8.77. The van der Waals surface area contributed by atoms with E-state index in [0.29, 0.717) is 23.4 Å². The summed E-state index contributed by atoms with van der Waals surface area (Å²) in [7, 11) is 0. The number of amides is 1. The van der Waals surface area contributed by atoms with E-state index >= 15 is 0 Å². The van der Waals surface area contributed by atoms with Crippen molar-refractivity contribution < 1.29 is 14.7 Å². The fraction of sp³-hybridized carbons (Fsp3) is 0.333. The highest BCUT2D eigenvalue weighted by Crippen LogP contribution is 2.42. The zero-order chi connectivity index (χ0) is 18.0. The van der Waals surface area contributed by atoms with Gasteiger partial charge < -0.3 is 10.0 Å². The maximum absolute atomic E-state index is 12.7. The van der Waals surface area contributed by atoms with Crippen LogP contribution in [-0.4, -0.2) is 23.3 Å². The third kappa shape index (κ3) is 2.98. The van der Waals surface area contributed by atoms with Crippen molar-refractivity contribution in [3.63, 3.8) is 0 Å². The Bertz CT molecular complexity index is 797. The normalized spacial score (nSPS) is 19.2. The molecule has 0 spiro atoms. The number of hydrogen-bond acceptors (Lipinski definition) is 3. The van der Waals surface area contributed by atoms with E-state index in [1.54, 1.807) is 30.3 Å². The third-order valence-corrected chi connectivity index (χ3v) is 4.79. The molecule has 1 aliphatic rings. The number of carbonyl (C=O) groups excluding carboxylic acids is 2. The minimum Gasteiger partial charge on any atom is -0.375 e. The monoisotopic (exact) mass is 337 g/mol. The van der Waals surface area contributed by atoms with Crippen molar-refractivity contribution >= 4 is 17.4 Å². The van der Waals surface area contributed by atoms with Gasteiger partial charge in [0.1, 0.15) is 0 Å². The number of hydrogen-bond donors (Lipinski definition) is 1. The van der Waals surface area contributed by atoms with Crippen molar-refractivity contribution in [3.8, 4) is 0 Å². The summed E-state index contributed by atoms with van der Waals surface area (Å²) >= 11 is 0. The summed E-state index contributed by atoms with van der Waals surface area (Å²) in [5.74, 6) is -0.654. The fourth-order valence-electron chi connectivity index (χ4n) is 3.47. The largest absolute Gasteiger partial charge is 0.375 e. The second-order valence-corrected chi connectivity index (χ2v) is 6.47. The van der Waals surface area contributed by atoms with Gasteiger partial charge in [0.15, 0.2) is 11.4 Å². The predicted molar refractivity (Wildman–Crippen MR) is 97.8 cm³/mol. The number of fused-ring (bicyclic) bond motifs is 1. The molecule has 1 aliphatic heterocycles. The molecule has 1 atom stereocenters. The molecule has 1 N–H and O–H groups in total. The van der Waals surface area contributed by atoms with Crippen LogP contribution in [-0.2, 0) is 16.8 Å². The van der Waals surface area contributed by atoms with Crippen molar-refractivity contribution in [2.75, 3.05) is 11.4 Å². The lowest BCUT2D eigenvalue weighted by Crippen LogP contribution is -2.41. The lowest BCUT2D eigenvalue weighted by Gasteiger charge is -2.22. The zero-order valence-electron chi connectivity index (χ0n) is 14.7. The molecule has 0 bridgehead atoms. The number of carbonyl (C=O) groups is 2. The maximum Gasteiger partial charge on any atom is 0.264 e. The smallest absolute Gasteiger partial charge is 0.264 e. The highest BCUT2D eigenvalue weighted by molar-refractivity contribution is 6.10. The summed E-state index contributed by atoms with van der Waals surface area (Å²) in [5.41, 5.74) is 1.11. The predicted octanol–water partition coefficient (Wildman–Crippen LogP) is 3.47. The van der Waals surface area contributed by atoms with E-state index < -0.39 is 11.5 Å². The van der Waals surface area contributed by atoms with Crippen LogP contribution in [0.5, 0.6) is 0 Å². The van der Waals surface area contributed by atoms with Crippen LogP contribution in [0.1, 0.15) is 48.2 Å². The quantitative estimate of drug-likeness (QED) is 0.821. The Morgan fingerprint density at radius 2 is 1.76 bits per heavy atom. The number of nitrogens with zero attached hydrogens (tertiary/aromatic N) is 1. The first kappa shape index (κ1) is 17.4. The van der Waals surface area contributed by atoms with E-state index in [1.165, 1.54) is 10.5 Å². The first-order chi connectivity index (χ1) is 12.0. The van der Waals surface area contributed by atoms with Crippen LogP contribution in [0, 0.1) is 0 Å². The van der Waals surface area contributed by atoms with Gasteiger partial charge in [-0.15, -0.1) is 0 Å².